The number of hydrogen-bond donors (Lipinski definition) is 1. The highest BCUT2D eigenvalue weighted by Crippen LogP contribution is 2.25. The van der Waals surface area contributed by atoms with Gasteiger partial charge in [-0.25, -0.2) is 21.9 Å². The number of rotatable bonds is 6. The molecule has 1 saturated heterocycles. The summed E-state index contributed by atoms with van der Waals surface area (Å²) in [5, 5.41) is 2.94. The van der Waals surface area contributed by atoms with Crippen LogP contribution in [0.25, 0.3) is 0 Å². The van der Waals surface area contributed by atoms with Gasteiger partial charge in [0.25, 0.3) is 0 Å². The number of anilines is 1. The summed E-state index contributed by atoms with van der Waals surface area (Å²) in [6.07, 6.45) is 0.666. The molecule has 1 amide bonds. The first-order valence-electron chi connectivity index (χ1n) is 9.61. The van der Waals surface area contributed by atoms with Crippen LogP contribution >= 0.6 is 11.6 Å². The molecule has 1 N–H and O–H groups in total. The molecular weight excluding hydrogens is 447 g/mol. The smallest absolute Gasteiger partial charge is 0.339 e. The second kappa shape index (κ2) is 9.76. The van der Waals surface area contributed by atoms with Crippen molar-refractivity contribution in [3.05, 3.63) is 64.4 Å². The third kappa shape index (κ3) is 5.61. The first-order valence-corrected chi connectivity index (χ1v) is 11.6. The highest BCUT2D eigenvalue weighted by Gasteiger charge is 2.31. The topological polar surface area (TPSA) is 92.8 Å². The first kappa shape index (κ1) is 23.2. The van der Waals surface area contributed by atoms with Crippen LogP contribution in [-0.4, -0.2) is 44.8 Å². The van der Waals surface area contributed by atoms with E-state index in [4.69, 9.17) is 11.6 Å². The van der Waals surface area contributed by atoms with Crippen LogP contribution in [0.5, 0.6) is 0 Å². The zero-order valence-electron chi connectivity index (χ0n) is 16.8. The summed E-state index contributed by atoms with van der Waals surface area (Å²) < 4.78 is 45.1. The van der Waals surface area contributed by atoms with Gasteiger partial charge in [-0.2, -0.15) is 0 Å². The molecule has 1 aliphatic rings. The molecule has 0 aromatic heterocycles. The van der Waals surface area contributed by atoms with E-state index in [0.29, 0.717) is 18.5 Å². The lowest BCUT2D eigenvalue weighted by Gasteiger charge is -2.30. The molecule has 3 rings (SSSR count). The van der Waals surface area contributed by atoms with Gasteiger partial charge >= 0.3 is 5.97 Å². The number of benzene rings is 2. The number of halogens is 2. The Morgan fingerprint density at radius 1 is 1.19 bits per heavy atom. The van der Waals surface area contributed by atoms with Gasteiger partial charge in [0.05, 0.1) is 23.4 Å². The lowest BCUT2D eigenvalue weighted by atomic mass is 9.97. The molecule has 7 nitrogen and oxygen atoms in total. The minimum Gasteiger partial charge on any atom is -0.465 e. The molecule has 31 heavy (non-hydrogen) atoms. The Labute approximate surface area is 185 Å². The van der Waals surface area contributed by atoms with E-state index in [2.05, 4.69) is 10.1 Å². The summed E-state index contributed by atoms with van der Waals surface area (Å²) in [6.45, 7) is 0.339. The Morgan fingerprint density at radius 2 is 1.87 bits per heavy atom. The van der Waals surface area contributed by atoms with E-state index in [9.17, 15) is 22.4 Å². The number of sulfonamides is 1. The van der Waals surface area contributed by atoms with Gasteiger partial charge in [0.15, 0.2) is 0 Å². The predicted molar refractivity (Wildman–Crippen MR) is 115 cm³/mol. The molecule has 10 heteroatoms. The van der Waals surface area contributed by atoms with Gasteiger partial charge in [-0.1, -0.05) is 29.8 Å². The maximum atomic E-state index is 13.8. The number of amides is 1. The van der Waals surface area contributed by atoms with Crippen molar-refractivity contribution in [1.82, 2.24) is 4.31 Å². The number of methoxy groups -OCH3 is 1. The van der Waals surface area contributed by atoms with Gasteiger partial charge in [-0.05, 0) is 37.1 Å². The molecule has 1 aliphatic heterocycles. The zero-order valence-corrected chi connectivity index (χ0v) is 18.4. The van der Waals surface area contributed by atoms with E-state index in [0.717, 1.165) is 0 Å². The number of nitrogens with one attached hydrogen (secondary N) is 1. The molecule has 2 aromatic rings. The Bertz CT molecular complexity index is 1080. The molecule has 0 radical (unpaired) electrons. The Balaban J connectivity index is 1.60. The number of piperidine rings is 1. The van der Waals surface area contributed by atoms with Gasteiger partial charge in [0, 0.05) is 30.3 Å². The summed E-state index contributed by atoms with van der Waals surface area (Å²) in [5.74, 6) is -2.26. The normalized spacial score (nSPS) is 15.5. The molecule has 1 heterocycles. The van der Waals surface area contributed by atoms with Crippen molar-refractivity contribution < 1.29 is 27.1 Å². The largest absolute Gasteiger partial charge is 0.465 e. The Morgan fingerprint density at radius 3 is 2.52 bits per heavy atom. The quantitative estimate of drug-likeness (QED) is 0.655. The summed E-state index contributed by atoms with van der Waals surface area (Å²) in [5.41, 5.74) is 0.645. The molecule has 0 bridgehead atoms. The minimum absolute atomic E-state index is 0.117. The SMILES string of the molecule is COC(=O)c1cc(NC(=O)C2CCN(S(=O)(=O)Cc3ccccc3F)CC2)ccc1Cl. The number of carbonyl (C=O) groups is 2. The molecule has 166 valence electrons. The molecule has 1 fully saturated rings. The highest BCUT2D eigenvalue weighted by atomic mass is 35.5. The zero-order chi connectivity index (χ0) is 22.6. The molecule has 0 atom stereocenters. The highest BCUT2D eigenvalue weighted by molar-refractivity contribution is 7.88. The maximum absolute atomic E-state index is 13.8. The molecule has 0 spiro atoms. The van der Waals surface area contributed by atoms with Gasteiger partial charge in [-0.3, -0.25) is 4.79 Å². The van der Waals surface area contributed by atoms with Crippen molar-refractivity contribution in [3.8, 4) is 0 Å². The number of esters is 1. The summed E-state index contributed by atoms with van der Waals surface area (Å²) in [7, 11) is -2.46. The number of nitrogens with zero attached hydrogens (tertiary/aromatic N) is 1. The number of ether oxygens (including phenoxy) is 1. The van der Waals surface area contributed by atoms with Crippen LogP contribution in [0.4, 0.5) is 10.1 Å². The van der Waals surface area contributed by atoms with Crippen LogP contribution < -0.4 is 5.32 Å². The Hall–Kier alpha value is -2.49. The van der Waals surface area contributed by atoms with E-state index in [1.165, 1.54) is 41.7 Å². The van der Waals surface area contributed by atoms with Crippen LogP contribution in [0.2, 0.25) is 5.02 Å². The number of hydrogen-bond acceptors (Lipinski definition) is 5. The predicted octanol–water partition coefficient (Wildman–Crippen LogP) is 3.45. The third-order valence-corrected chi connectivity index (χ3v) is 7.31. The molecule has 0 unspecified atom stereocenters. The van der Waals surface area contributed by atoms with E-state index in [1.807, 2.05) is 0 Å². The third-order valence-electron chi connectivity index (χ3n) is 5.15. The second-order valence-corrected chi connectivity index (χ2v) is 9.57. The first-order chi connectivity index (χ1) is 14.7. The van der Waals surface area contributed by atoms with Crippen molar-refractivity contribution in [2.24, 2.45) is 5.92 Å². The van der Waals surface area contributed by atoms with Crippen LogP contribution in [0.3, 0.4) is 0 Å². The fourth-order valence-electron chi connectivity index (χ4n) is 3.41. The lowest BCUT2D eigenvalue weighted by Crippen LogP contribution is -2.42. The molecule has 0 saturated carbocycles. The fourth-order valence-corrected chi connectivity index (χ4v) is 5.18. The van der Waals surface area contributed by atoms with Crippen LogP contribution in [0.1, 0.15) is 28.8 Å². The summed E-state index contributed by atoms with van der Waals surface area (Å²) in [4.78, 5) is 24.4. The van der Waals surface area contributed by atoms with Crippen LogP contribution in [0.15, 0.2) is 42.5 Å². The van der Waals surface area contributed by atoms with E-state index in [-0.39, 0.29) is 35.1 Å². The average Bonchev–Trinajstić information content (AvgIpc) is 2.76. The fraction of sp³-hybridized carbons (Fsp3) is 0.333. The van der Waals surface area contributed by atoms with Crippen LogP contribution in [0, 0.1) is 11.7 Å². The number of carbonyl (C=O) groups excluding carboxylic acids is 2. The van der Waals surface area contributed by atoms with Crippen molar-refractivity contribution in [2.75, 3.05) is 25.5 Å². The van der Waals surface area contributed by atoms with Gasteiger partial charge in [0.2, 0.25) is 15.9 Å². The monoisotopic (exact) mass is 468 g/mol. The minimum atomic E-state index is -3.69. The van der Waals surface area contributed by atoms with Gasteiger partial charge in [0.1, 0.15) is 5.82 Å². The average molecular weight is 469 g/mol. The lowest BCUT2D eigenvalue weighted by molar-refractivity contribution is -0.120. The van der Waals surface area contributed by atoms with E-state index in [1.54, 1.807) is 12.1 Å². The molecule has 2 aromatic carbocycles. The molecule has 0 aliphatic carbocycles. The standard InChI is InChI=1S/C21H22ClFN2O5S/c1-30-21(27)17-12-16(6-7-18(17)22)24-20(26)14-8-10-25(11-9-14)31(28,29)13-15-4-2-3-5-19(15)23/h2-7,12,14H,8-11,13H2,1H3,(H,24,26). The summed E-state index contributed by atoms with van der Waals surface area (Å²) in [6, 6.07) is 10.3. The van der Waals surface area contributed by atoms with Crippen molar-refractivity contribution in [3.63, 3.8) is 0 Å². The van der Waals surface area contributed by atoms with Crippen molar-refractivity contribution in [1.29, 1.82) is 0 Å². The maximum Gasteiger partial charge on any atom is 0.339 e. The Kier molecular flexibility index (Phi) is 7.30. The van der Waals surface area contributed by atoms with Gasteiger partial charge < -0.3 is 10.1 Å². The van der Waals surface area contributed by atoms with Crippen molar-refractivity contribution in [2.45, 2.75) is 18.6 Å². The van der Waals surface area contributed by atoms with E-state index >= 15 is 0 Å². The summed E-state index contributed by atoms with van der Waals surface area (Å²) >= 11 is 5.98. The second-order valence-electron chi connectivity index (χ2n) is 7.20. The van der Waals surface area contributed by atoms with Crippen molar-refractivity contribution >= 4 is 39.2 Å². The van der Waals surface area contributed by atoms with E-state index < -0.39 is 33.5 Å². The van der Waals surface area contributed by atoms with Gasteiger partial charge in [-0.15, -0.1) is 0 Å². The van der Waals surface area contributed by atoms with Crippen LogP contribution in [-0.2, 0) is 25.3 Å². The molecular formula is C21H22ClFN2O5S.